The summed E-state index contributed by atoms with van der Waals surface area (Å²) < 4.78 is 78.4. The van der Waals surface area contributed by atoms with Gasteiger partial charge in [-0.2, -0.15) is 21.6 Å². The van der Waals surface area contributed by atoms with Crippen LogP contribution in [0.1, 0.15) is 49.3 Å². The van der Waals surface area contributed by atoms with E-state index in [1.54, 1.807) is 4.90 Å². The molecular weight excluding hydrogens is 541 g/mol. The Kier molecular flexibility index (Phi) is 7.09. The normalized spacial score (nSPS) is 15.0. The van der Waals surface area contributed by atoms with Gasteiger partial charge in [0.2, 0.25) is 5.95 Å². The predicted octanol–water partition coefficient (Wildman–Crippen LogP) is 4.77. The molecule has 0 saturated heterocycles. The van der Waals surface area contributed by atoms with Gasteiger partial charge in [0.1, 0.15) is 0 Å². The van der Waals surface area contributed by atoms with Crippen LogP contribution in [0.4, 0.5) is 24.8 Å². The van der Waals surface area contributed by atoms with Gasteiger partial charge in [-0.3, -0.25) is 0 Å². The summed E-state index contributed by atoms with van der Waals surface area (Å²) in [5, 5.41) is 0.885. The number of hydrogen-bond donors (Lipinski definition) is 0. The average molecular weight is 571 g/mol. The van der Waals surface area contributed by atoms with Crippen molar-refractivity contribution in [2.75, 3.05) is 18.6 Å². The highest BCUT2D eigenvalue weighted by molar-refractivity contribution is 7.88. The maximum atomic E-state index is 13.0. The Morgan fingerprint density at radius 3 is 2.21 bits per heavy atom. The van der Waals surface area contributed by atoms with E-state index in [0.717, 1.165) is 34.6 Å². The molecule has 39 heavy (non-hydrogen) atoms. The molecule has 212 valence electrons. The van der Waals surface area contributed by atoms with Gasteiger partial charge in [-0.1, -0.05) is 0 Å². The molecule has 0 unspecified atom stereocenters. The Morgan fingerprint density at radius 1 is 1.05 bits per heavy atom. The fraction of sp³-hybridized carbons (Fsp3) is 0.480. The first-order chi connectivity index (χ1) is 18.0. The number of nitrogens with zero attached hydrogens (tertiary/aromatic N) is 4. The van der Waals surface area contributed by atoms with Crippen molar-refractivity contribution >= 4 is 38.6 Å². The molecule has 0 fully saturated rings. The van der Waals surface area contributed by atoms with E-state index >= 15 is 0 Å². The van der Waals surface area contributed by atoms with Crippen molar-refractivity contribution < 1.29 is 40.0 Å². The number of carbonyl (C=O) groups is 1. The summed E-state index contributed by atoms with van der Waals surface area (Å²) in [5.74, 6) is -1.13. The second-order valence-electron chi connectivity index (χ2n) is 10.2. The quantitative estimate of drug-likeness (QED) is 0.235. The highest BCUT2D eigenvalue weighted by Crippen LogP contribution is 2.45. The third kappa shape index (κ3) is 5.14. The van der Waals surface area contributed by atoms with Crippen LogP contribution < -0.4 is 9.08 Å². The Bertz CT molecular complexity index is 1540. The number of rotatable bonds is 6. The fourth-order valence-electron chi connectivity index (χ4n) is 4.82. The van der Waals surface area contributed by atoms with Gasteiger partial charge in [0.15, 0.2) is 11.9 Å². The van der Waals surface area contributed by atoms with E-state index in [2.05, 4.69) is 18.7 Å². The lowest BCUT2D eigenvalue weighted by Crippen LogP contribution is -2.32. The maximum absolute atomic E-state index is 13.0. The number of aryl methyl sites for hydroxylation is 2. The molecule has 0 bridgehead atoms. The number of benzene rings is 1. The lowest BCUT2D eigenvalue weighted by atomic mass is 9.91. The van der Waals surface area contributed by atoms with Crippen LogP contribution in [-0.2, 0) is 30.9 Å². The molecular formula is C25H29F3N4O6S. The zero-order valence-electron chi connectivity index (χ0n) is 22.5. The second kappa shape index (κ2) is 9.66. The molecule has 10 nitrogen and oxygen atoms in total. The van der Waals surface area contributed by atoms with Gasteiger partial charge in [-0.05, 0) is 58.7 Å². The minimum Gasteiger partial charge on any atom is -0.467 e. The number of ether oxygens (including phenoxy) is 2. The standard InChI is InChI=1S/C25H29F3N4O6S/c1-13-10-17-14(2)18(21(22(33)36-7)37-24(4,5)6)15(3)19-20(17)31(13)8-9-32(19)23-29-11-16(12-30-23)38-39(34,35)25(26,27)28/h10-12,21H,8-9H2,1-7H3/t21-/m0/s1. The number of esters is 1. The molecule has 0 N–H and O–H groups in total. The molecule has 1 aliphatic heterocycles. The third-order valence-electron chi connectivity index (χ3n) is 6.41. The summed E-state index contributed by atoms with van der Waals surface area (Å²) >= 11 is 0. The summed E-state index contributed by atoms with van der Waals surface area (Å²) in [5.41, 5.74) is -1.53. The van der Waals surface area contributed by atoms with E-state index in [-0.39, 0.29) is 5.95 Å². The Balaban J connectivity index is 1.88. The van der Waals surface area contributed by atoms with Crippen LogP contribution in [-0.4, -0.2) is 53.7 Å². The summed E-state index contributed by atoms with van der Waals surface area (Å²) in [7, 11) is -4.58. The van der Waals surface area contributed by atoms with E-state index in [1.165, 1.54) is 7.11 Å². The van der Waals surface area contributed by atoms with E-state index < -0.39 is 39.1 Å². The lowest BCUT2D eigenvalue weighted by molar-refractivity contribution is -0.164. The van der Waals surface area contributed by atoms with Gasteiger partial charge in [0, 0.05) is 29.7 Å². The molecule has 1 atom stereocenters. The van der Waals surface area contributed by atoms with Gasteiger partial charge in [-0.25, -0.2) is 14.8 Å². The number of anilines is 2. The molecule has 0 amide bonds. The second-order valence-corrected chi connectivity index (χ2v) is 11.7. The number of carbonyl (C=O) groups excluding carboxylic acids is 1. The fourth-order valence-corrected chi connectivity index (χ4v) is 5.26. The predicted molar refractivity (Wildman–Crippen MR) is 136 cm³/mol. The summed E-state index contributed by atoms with van der Waals surface area (Å²) in [6, 6.07) is 2.02. The highest BCUT2D eigenvalue weighted by atomic mass is 32.2. The SMILES string of the molecule is COC(=O)[C@@H](OC(C)(C)C)c1c(C)c2c3c(cc(C)n3CCN2c2ncc(OS(=O)(=O)C(F)(F)F)cn2)c1C. The summed E-state index contributed by atoms with van der Waals surface area (Å²) in [6.07, 6.45) is 0.700. The molecule has 3 heterocycles. The summed E-state index contributed by atoms with van der Waals surface area (Å²) in [6.45, 7) is 12.2. The van der Waals surface area contributed by atoms with Crippen molar-refractivity contribution in [2.24, 2.45) is 0 Å². The van der Waals surface area contributed by atoms with Crippen molar-refractivity contribution in [1.29, 1.82) is 0 Å². The lowest BCUT2D eigenvalue weighted by Gasteiger charge is -2.34. The number of methoxy groups -OCH3 is 1. The van der Waals surface area contributed by atoms with Crippen LogP contribution in [0, 0.1) is 20.8 Å². The van der Waals surface area contributed by atoms with Gasteiger partial charge in [0.25, 0.3) is 0 Å². The van der Waals surface area contributed by atoms with Crippen molar-refractivity contribution in [3.63, 3.8) is 0 Å². The van der Waals surface area contributed by atoms with Crippen LogP contribution in [0.5, 0.6) is 5.75 Å². The topological polar surface area (TPSA) is 113 Å². The van der Waals surface area contributed by atoms with Crippen molar-refractivity contribution in [3.8, 4) is 5.75 Å². The molecule has 1 aromatic carbocycles. The van der Waals surface area contributed by atoms with E-state index in [9.17, 15) is 26.4 Å². The maximum Gasteiger partial charge on any atom is 0.534 e. The van der Waals surface area contributed by atoms with Crippen LogP contribution in [0.15, 0.2) is 18.5 Å². The largest absolute Gasteiger partial charge is 0.534 e. The van der Waals surface area contributed by atoms with Crippen LogP contribution in [0.25, 0.3) is 10.9 Å². The third-order valence-corrected chi connectivity index (χ3v) is 7.39. The van der Waals surface area contributed by atoms with Gasteiger partial charge in [0.05, 0.1) is 36.3 Å². The number of aromatic nitrogens is 3. The Morgan fingerprint density at radius 2 is 1.67 bits per heavy atom. The first kappa shape index (κ1) is 28.6. The molecule has 14 heteroatoms. The van der Waals surface area contributed by atoms with Crippen molar-refractivity contribution in [3.05, 3.63) is 40.8 Å². The zero-order chi connectivity index (χ0) is 29.1. The van der Waals surface area contributed by atoms with Crippen LogP contribution in [0.3, 0.4) is 0 Å². The average Bonchev–Trinajstić information content (AvgIpc) is 3.17. The molecule has 0 radical (unpaired) electrons. The van der Waals surface area contributed by atoms with Gasteiger partial charge >= 0.3 is 21.6 Å². The molecule has 0 aliphatic carbocycles. The van der Waals surface area contributed by atoms with E-state index in [1.807, 2.05) is 47.6 Å². The zero-order valence-corrected chi connectivity index (χ0v) is 23.3. The van der Waals surface area contributed by atoms with Crippen LogP contribution in [0.2, 0.25) is 0 Å². The van der Waals surface area contributed by atoms with Gasteiger partial charge in [-0.15, -0.1) is 0 Å². The molecule has 3 aromatic rings. The monoisotopic (exact) mass is 570 g/mol. The Hall–Kier alpha value is -3.39. The molecule has 0 saturated carbocycles. The van der Waals surface area contributed by atoms with E-state index in [0.29, 0.717) is 29.9 Å². The van der Waals surface area contributed by atoms with Crippen molar-refractivity contribution in [1.82, 2.24) is 14.5 Å². The smallest absolute Gasteiger partial charge is 0.467 e. The Labute approximate surface area is 223 Å². The summed E-state index contributed by atoms with van der Waals surface area (Å²) in [4.78, 5) is 22.9. The number of alkyl halides is 3. The number of hydrogen-bond acceptors (Lipinski definition) is 9. The van der Waals surface area contributed by atoms with Crippen molar-refractivity contribution in [2.45, 2.75) is 65.3 Å². The molecule has 4 rings (SSSR count). The highest BCUT2D eigenvalue weighted by Gasteiger charge is 2.48. The molecule has 2 aromatic heterocycles. The van der Waals surface area contributed by atoms with E-state index in [4.69, 9.17) is 9.47 Å². The number of halogens is 3. The first-order valence-corrected chi connectivity index (χ1v) is 13.4. The molecule has 1 aliphatic rings. The molecule has 0 spiro atoms. The van der Waals surface area contributed by atoms with Crippen LogP contribution >= 0.6 is 0 Å². The minimum atomic E-state index is -5.87. The van der Waals surface area contributed by atoms with Gasteiger partial charge < -0.3 is 23.1 Å². The minimum absolute atomic E-state index is 0.113. The first-order valence-electron chi connectivity index (χ1n) is 12.0.